The first-order valence-corrected chi connectivity index (χ1v) is 10.9. The fourth-order valence-corrected chi connectivity index (χ4v) is 4.01. The summed E-state index contributed by atoms with van der Waals surface area (Å²) in [6, 6.07) is 13.3. The number of piperazine rings is 1. The summed E-state index contributed by atoms with van der Waals surface area (Å²) in [6.45, 7) is 7.80. The Morgan fingerprint density at radius 1 is 1.03 bits per heavy atom. The van der Waals surface area contributed by atoms with Crippen LogP contribution in [0.5, 0.6) is 5.75 Å². The highest BCUT2D eigenvalue weighted by molar-refractivity contribution is 5.94. The molecule has 2 aliphatic rings. The number of fused-ring (bicyclic) bond motifs is 1. The molecule has 0 aromatic heterocycles. The number of anilines is 1. The summed E-state index contributed by atoms with van der Waals surface area (Å²) in [5, 5.41) is 2.90. The van der Waals surface area contributed by atoms with Crippen LogP contribution in [0.1, 0.15) is 28.4 Å². The number of carbonyl (C=O) groups excluding carboxylic acids is 2. The van der Waals surface area contributed by atoms with Crippen LogP contribution < -0.4 is 10.1 Å². The van der Waals surface area contributed by atoms with E-state index in [-0.39, 0.29) is 11.9 Å². The molecule has 0 bridgehead atoms. The topological polar surface area (TPSA) is 71.1 Å². The summed E-state index contributed by atoms with van der Waals surface area (Å²) >= 11 is 0. The molecule has 164 valence electrons. The summed E-state index contributed by atoms with van der Waals surface area (Å²) < 4.78 is 10.6. The average Bonchev–Trinajstić information content (AvgIpc) is 3.24. The number of rotatable bonds is 7. The molecule has 1 N–H and O–H groups in total. The van der Waals surface area contributed by atoms with Gasteiger partial charge in [-0.15, -0.1) is 0 Å². The molecule has 0 spiro atoms. The lowest BCUT2D eigenvalue weighted by molar-refractivity contribution is -0.117. The highest BCUT2D eigenvalue weighted by Crippen LogP contribution is 2.26. The fraction of sp³-hybridized carbons (Fsp3) is 0.417. The molecule has 0 unspecified atom stereocenters. The van der Waals surface area contributed by atoms with Crippen molar-refractivity contribution in [1.82, 2.24) is 9.80 Å². The predicted molar refractivity (Wildman–Crippen MR) is 118 cm³/mol. The lowest BCUT2D eigenvalue weighted by atomic mass is 10.1. The Bertz CT molecular complexity index is 921. The van der Waals surface area contributed by atoms with Crippen LogP contribution in [0.15, 0.2) is 42.5 Å². The van der Waals surface area contributed by atoms with E-state index in [1.54, 1.807) is 31.2 Å². The van der Waals surface area contributed by atoms with E-state index in [0.29, 0.717) is 24.4 Å². The van der Waals surface area contributed by atoms with Crippen molar-refractivity contribution in [3.05, 3.63) is 59.2 Å². The van der Waals surface area contributed by atoms with E-state index in [1.165, 1.54) is 11.1 Å². The van der Waals surface area contributed by atoms with Crippen LogP contribution in [-0.4, -0.2) is 67.6 Å². The Morgan fingerprint density at radius 3 is 2.52 bits per heavy atom. The van der Waals surface area contributed by atoms with E-state index < -0.39 is 0 Å². The fourth-order valence-electron chi connectivity index (χ4n) is 4.01. The standard InChI is InChI=1S/C24H29N3O4/c1-2-30-24(29)19-4-6-21(7-5-19)25-23(28)17-27-12-10-26(11-13-27)16-18-3-8-22-20(15-18)9-14-31-22/h3-8,15H,2,9-14,16-17H2,1H3,(H,25,28). The molecule has 0 radical (unpaired) electrons. The molecule has 31 heavy (non-hydrogen) atoms. The van der Waals surface area contributed by atoms with Crippen LogP contribution in [0.2, 0.25) is 0 Å². The van der Waals surface area contributed by atoms with Gasteiger partial charge in [-0.25, -0.2) is 4.79 Å². The summed E-state index contributed by atoms with van der Waals surface area (Å²) in [7, 11) is 0. The van der Waals surface area contributed by atoms with Gasteiger partial charge in [0, 0.05) is 44.8 Å². The van der Waals surface area contributed by atoms with Crippen molar-refractivity contribution in [2.24, 2.45) is 0 Å². The summed E-state index contributed by atoms with van der Waals surface area (Å²) in [5.41, 5.74) is 3.79. The van der Waals surface area contributed by atoms with Gasteiger partial charge in [0.15, 0.2) is 0 Å². The van der Waals surface area contributed by atoms with E-state index in [0.717, 1.165) is 51.5 Å². The Morgan fingerprint density at radius 2 is 1.77 bits per heavy atom. The van der Waals surface area contributed by atoms with Gasteiger partial charge in [0.2, 0.25) is 5.91 Å². The molecule has 1 fully saturated rings. The average molecular weight is 424 g/mol. The Hall–Kier alpha value is -2.90. The van der Waals surface area contributed by atoms with Gasteiger partial charge in [-0.1, -0.05) is 12.1 Å². The van der Waals surface area contributed by atoms with Crippen LogP contribution in [-0.2, 0) is 22.5 Å². The largest absolute Gasteiger partial charge is 0.493 e. The molecule has 2 aromatic carbocycles. The van der Waals surface area contributed by atoms with Crippen LogP contribution in [0, 0.1) is 0 Å². The van der Waals surface area contributed by atoms with E-state index in [9.17, 15) is 9.59 Å². The van der Waals surface area contributed by atoms with Gasteiger partial charge in [-0.05, 0) is 48.4 Å². The highest BCUT2D eigenvalue weighted by Gasteiger charge is 2.20. The third kappa shape index (κ3) is 5.62. The van der Waals surface area contributed by atoms with Gasteiger partial charge in [0.25, 0.3) is 0 Å². The molecule has 0 saturated carbocycles. The molecule has 4 rings (SSSR count). The van der Waals surface area contributed by atoms with Crippen molar-refractivity contribution in [2.75, 3.05) is 51.3 Å². The molecule has 2 aliphatic heterocycles. The number of hydrogen-bond donors (Lipinski definition) is 1. The van der Waals surface area contributed by atoms with Crippen LogP contribution >= 0.6 is 0 Å². The second-order valence-corrected chi connectivity index (χ2v) is 7.94. The third-order valence-corrected chi connectivity index (χ3v) is 5.67. The molecular weight excluding hydrogens is 394 g/mol. The van der Waals surface area contributed by atoms with E-state index in [2.05, 4.69) is 33.3 Å². The molecular formula is C24H29N3O4. The van der Waals surface area contributed by atoms with Gasteiger partial charge < -0.3 is 14.8 Å². The normalized spacial score (nSPS) is 16.4. The molecule has 7 nitrogen and oxygen atoms in total. The second-order valence-electron chi connectivity index (χ2n) is 7.94. The van der Waals surface area contributed by atoms with Crippen molar-refractivity contribution >= 4 is 17.6 Å². The minimum atomic E-state index is -0.355. The monoisotopic (exact) mass is 423 g/mol. The predicted octanol–water partition coefficient (Wildman–Crippen LogP) is 2.55. The van der Waals surface area contributed by atoms with Gasteiger partial charge in [0.1, 0.15) is 5.75 Å². The number of amides is 1. The molecule has 7 heteroatoms. The number of carbonyl (C=O) groups is 2. The van der Waals surface area contributed by atoms with Crippen molar-refractivity contribution in [3.63, 3.8) is 0 Å². The van der Waals surface area contributed by atoms with E-state index in [1.807, 2.05) is 0 Å². The summed E-state index contributed by atoms with van der Waals surface area (Å²) in [6.07, 6.45) is 0.998. The maximum absolute atomic E-state index is 12.4. The smallest absolute Gasteiger partial charge is 0.338 e. The van der Waals surface area contributed by atoms with E-state index >= 15 is 0 Å². The third-order valence-electron chi connectivity index (χ3n) is 5.67. The molecule has 1 saturated heterocycles. The first-order chi connectivity index (χ1) is 15.1. The highest BCUT2D eigenvalue weighted by atomic mass is 16.5. The minimum Gasteiger partial charge on any atom is -0.493 e. The Balaban J connectivity index is 1.20. The van der Waals surface area contributed by atoms with Crippen molar-refractivity contribution in [2.45, 2.75) is 19.9 Å². The van der Waals surface area contributed by atoms with Gasteiger partial charge >= 0.3 is 5.97 Å². The Labute approximate surface area is 182 Å². The maximum atomic E-state index is 12.4. The van der Waals surface area contributed by atoms with Crippen molar-refractivity contribution in [3.8, 4) is 5.75 Å². The van der Waals surface area contributed by atoms with Gasteiger partial charge in [-0.2, -0.15) is 0 Å². The first kappa shape index (κ1) is 21.3. The first-order valence-electron chi connectivity index (χ1n) is 10.9. The lowest BCUT2D eigenvalue weighted by Gasteiger charge is -2.34. The quantitative estimate of drug-likeness (QED) is 0.691. The number of nitrogens with zero attached hydrogens (tertiary/aromatic N) is 2. The minimum absolute atomic E-state index is 0.0454. The zero-order chi connectivity index (χ0) is 21.6. The number of ether oxygens (including phenoxy) is 2. The van der Waals surface area contributed by atoms with Gasteiger partial charge in [-0.3, -0.25) is 14.6 Å². The number of hydrogen-bond acceptors (Lipinski definition) is 6. The summed E-state index contributed by atoms with van der Waals surface area (Å²) in [5.74, 6) is 0.623. The molecule has 2 aromatic rings. The second kappa shape index (κ2) is 9.94. The molecule has 2 heterocycles. The zero-order valence-electron chi connectivity index (χ0n) is 17.9. The number of benzene rings is 2. The number of nitrogens with one attached hydrogen (secondary N) is 1. The maximum Gasteiger partial charge on any atom is 0.338 e. The zero-order valence-corrected chi connectivity index (χ0v) is 17.9. The van der Waals surface area contributed by atoms with Crippen LogP contribution in [0.4, 0.5) is 5.69 Å². The van der Waals surface area contributed by atoms with Crippen LogP contribution in [0.25, 0.3) is 0 Å². The lowest BCUT2D eigenvalue weighted by Crippen LogP contribution is -2.48. The number of esters is 1. The SMILES string of the molecule is CCOC(=O)c1ccc(NC(=O)CN2CCN(Cc3ccc4c(c3)CCO4)CC2)cc1. The molecule has 0 atom stereocenters. The summed E-state index contributed by atoms with van der Waals surface area (Å²) in [4.78, 5) is 28.7. The van der Waals surface area contributed by atoms with Crippen molar-refractivity contribution < 1.29 is 19.1 Å². The Kier molecular flexibility index (Phi) is 6.84. The van der Waals surface area contributed by atoms with E-state index in [4.69, 9.17) is 9.47 Å². The van der Waals surface area contributed by atoms with Gasteiger partial charge in [0.05, 0.1) is 25.3 Å². The molecule has 0 aliphatic carbocycles. The van der Waals surface area contributed by atoms with Crippen LogP contribution in [0.3, 0.4) is 0 Å². The van der Waals surface area contributed by atoms with Crippen molar-refractivity contribution in [1.29, 1.82) is 0 Å². The molecule has 1 amide bonds.